The average molecular weight is 273 g/mol. The lowest BCUT2D eigenvalue weighted by Gasteiger charge is -2.13. The number of non-ortho nitro benzene ring substituents is 1. The van der Waals surface area contributed by atoms with E-state index in [1.54, 1.807) is 25.3 Å². The molecule has 0 spiro atoms. The number of aromatic nitrogens is 1. The summed E-state index contributed by atoms with van der Waals surface area (Å²) in [6, 6.07) is 7.84. The van der Waals surface area contributed by atoms with Crippen molar-refractivity contribution in [2.45, 2.75) is 19.9 Å². The van der Waals surface area contributed by atoms with Gasteiger partial charge in [0.05, 0.1) is 4.92 Å². The lowest BCUT2D eigenvalue weighted by atomic mass is 10.1. The van der Waals surface area contributed by atoms with Crippen molar-refractivity contribution in [3.8, 4) is 11.6 Å². The number of hydrogen-bond acceptors (Lipinski definition) is 5. The van der Waals surface area contributed by atoms with Gasteiger partial charge in [0.2, 0.25) is 5.88 Å². The molecule has 1 aromatic heterocycles. The van der Waals surface area contributed by atoms with Crippen molar-refractivity contribution < 1.29 is 9.66 Å². The molecule has 2 N–H and O–H groups in total. The topological polar surface area (TPSA) is 91.3 Å². The van der Waals surface area contributed by atoms with Crippen molar-refractivity contribution >= 4 is 5.69 Å². The predicted molar refractivity (Wildman–Crippen MR) is 74.7 cm³/mol. The maximum Gasteiger partial charge on any atom is 0.269 e. The van der Waals surface area contributed by atoms with Crippen molar-refractivity contribution in [3.05, 3.63) is 57.8 Å². The molecule has 6 nitrogen and oxygen atoms in total. The number of hydrogen-bond donors (Lipinski definition) is 1. The number of nitrogens with two attached hydrogens (primary N) is 1. The number of pyridine rings is 1. The van der Waals surface area contributed by atoms with Crippen LogP contribution >= 0.6 is 0 Å². The Bertz CT molecular complexity index is 641. The van der Waals surface area contributed by atoms with Crippen LogP contribution in [0.25, 0.3) is 0 Å². The molecular weight excluding hydrogens is 258 g/mol. The highest BCUT2D eigenvalue weighted by molar-refractivity contribution is 5.45. The summed E-state index contributed by atoms with van der Waals surface area (Å²) in [5.41, 5.74) is 7.34. The third-order valence-corrected chi connectivity index (χ3v) is 2.87. The van der Waals surface area contributed by atoms with Crippen LogP contribution in [0, 0.1) is 17.0 Å². The summed E-state index contributed by atoms with van der Waals surface area (Å²) < 4.78 is 5.72. The van der Waals surface area contributed by atoms with Gasteiger partial charge in [0, 0.05) is 29.9 Å². The van der Waals surface area contributed by atoms with E-state index >= 15 is 0 Å². The van der Waals surface area contributed by atoms with E-state index in [4.69, 9.17) is 10.5 Å². The standard InChI is InChI=1S/C14H15N3O3/c1-9-8-11(17(18)19)5-6-13(9)20-14-12(10(2)15)4-3-7-16-14/h3-8,10H,15H2,1-2H3/t10-/m0/s1. The molecule has 0 unspecified atom stereocenters. The molecule has 2 rings (SSSR count). The van der Waals surface area contributed by atoms with E-state index in [1.807, 2.05) is 13.0 Å². The maximum absolute atomic E-state index is 10.7. The zero-order chi connectivity index (χ0) is 14.7. The zero-order valence-corrected chi connectivity index (χ0v) is 11.2. The Kier molecular flexibility index (Phi) is 3.95. The second-order valence-electron chi connectivity index (χ2n) is 4.50. The molecule has 2 aromatic rings. The maximum atomic E-state index is 10.7. The predicted octanol–water partition coefficient (Wildman–Crippen LogP) is 3.11. The molecule has 0 aliphatic rings. The van der Waals surface area contributed by atoms with E-state index < -0.39 is 4.92 Å². The fourth-order valence-electron chi connectivity index (χ4n) is 1.80. The highest BCUT2D eigenvalue weighted by Crippen LogP contribution is 2.30. The van der Waals surface area contributed by atoms with Gasteiger partial charge in [0.1, 0.15) is 5.75 Å². The van der Waals surface area contributed by atoms with Gasteiger partial charge in [-0.15, -0.1) is 0 Å². The van der Waals surface area contributed by atoms with Crippen molar-refractivity contribution in [2.24, 2.45) is 5.73 Å². The van der Waals surface area contributed by atoms with Crippen LogP contribution in [0.3, 0.4) is 0 Å². The summed E-state index contributed by atoms with van der Waals surface area (Å²) >= 11 is 0. The normalized spacial score (nSPS) is 11.9. The molecule has 0 aliphatic carbocycles. The van der Waals surface area contributed by atoms with Crippen LogP contribution in [-0.4, -0.2) is 9.91 Å². The van der Waals surface area contributed by atoms with Crippen molar-refractivity contribution in [3.63, 3.8) is 0 Å². The minimum atomic E-state index is -0.440. The summed E-state index contributed by atoms with van der Waals surface area (Å²) in [5.74, 6) is 0.940. The first-order valence-electron chi connectivity index (χ1n) is 6.12. The number of aryl methyl sites for hydroxylation is 1. The Morgan fingerprint density at radius 2 is 2.15 bits per heavy atom. The number of nitro benzene ring substituents is 1. The largest absolute Gasteiger partial charge is 0.438 e. The fraction of sp³-hybridized carbons (Fsp3) is 0.214. The van der Waals surface area contributed by atoms with Gasteiger partial charge in [-0.2, -0.15) is 0 Å². The van der Waals surface area contributed by atoms with Crippen molar-refractivity contribution in [2.75, 3.05) is 0 Å². The van der Waals surface area contributed by atoms with Crippen LogP contribution in [0.4, 0.5) is 5.69 Å². The molecule has 1 atom stereocenters. The highest BCUT2D eigenvalue weighted by atomic mass is 16.6. The van der Waals surface area contributed by atoms with Crippen LogP contribution in [-0.2, 0) is 0 Å². The van der Waals surface area contributed by atoms with Crippen LogP contribution in [0.5, 0.6) is 11.6 Å². The molecule has 0 fully saturated rings. The number of nitro groups is 1. The molecule has 0 aliphatic heterocycles. The summed E-state index contributed by atoms with van der Waals surface area (Å²) in [6.07, 6.45) is 1.61. The lowest BCUT2D eigenvalue weighted by molar-refractivity contribution is -0.384. The van der Waals surface area contributed by atoms with Crippen LogP contribution in [0.1, 0.15) is 24.1 Å². The smallest absolute Gasteiger partial charge is 0.269 e. The van der Waals surface area contributed by atoms with E-state index in [0.717, 1.165) is 5.56 Å². The SMILES string of the molecule is Cc1cc([N+](=O)[O-])ccc1Oc1ncccc1[C@H](C)N. The van der Waals surface area contributed by atoms with Crippen LogP contribution in [0.15, 0.2) is 36.5 Å². The quantitative estimate of drug-likeness (QED) is 0.682. The Balaban J connectivity index is 2.33. The van der Waals surface area contributed by atoms with E-state index in [1.165, 1.54) is 12.1 Å². The van der Waals surface area contributed by atoms with E-state index in [-0.39, 0.29) is 11.7 Å². The molecular formula is C14H15N3O3. The van der Waals surface area contributed by atoms with Gasteiger partial charge in [0.25, 0.3) is 5.69 Å². The molecule has 6 heteroatoms. The van der Waals surface area contributed by atoms with Gasteiger partial charge < -0.3 is 10.5 Å². The van der Waals surface area contributed by atoms with Crippen molar-refractivity contribution in [1.29, 1.82) is 0 Å². The third kappa shape index (κ3) is 2.92. The highest BCUT2D eigenvalue weighted by Gasteiger charge is 2.13. The van der Waals surface area contributed by atoms with Gasteiger partial charge in [-0.25, -0.2) is 4.98 Å². The van der Waals surface area contributed by atoms with E-state index in [9.17, 15) is 10.1 Å². The Labute approximate surface area is 116 Å². The molecule has 0 saturated carbocycles. The van der Waals surface area contributed by atoms with Gasteiger partial charge in [-0.1, -0.05) is 6.07 Å². The fourth-order valence-corrected chi connectivity index (χ4v) is 1.80. The average Bonchev–Trinajstić information content (AvgIpc) is 2.41. The first-order chi connectivity index (χ1) is 9.49. The molecule has 20 heavy (non-hydrogen) atoms. The molecule has 0 radical (unpaired) electrons. The van der Waals surface area contributed by atoms with Gasteiger partial charge in [0.15, 0.2) is 0 Å². The summed E-state index contributed by atoms with van der Waals surface area (Å²) in [5, 5.41) is 10.7. The molecule has 0 bridgehead atoms. The van der Waals surface area contributed by atoms with Crippen molar-refractivity contribution in [1.82, 2.24) is 4.98 Å². The zero-order valence-electron chi connectivity index (χ0n) is 11.2. The first-order valence-corrected chi connectivity index (χ1v) is 6.12. The first kappa shape index (κ1) is 14.0. The summed E-state index contributed by atoms with van der Waals surface area (Å²) in [6.45, 7) is 3.59. The molecule has 1 aromatic carbocycles. The summed E-state index contributed by atoms with van der Waals surface area (Å²) in [4.78, 5) is 14.4. The molecule has 0 saturated heterocycles. The lowest BCUT2D eigenvalue weighted by Crippen LogP contribution is -2.07. The van der Waals surface area contributed by atoms with Gasteiger partial charge in [-0.05, 0) is 31.5 Å². The Hall–Kier alpha value is -2.47. The van der Waals surface area contributed by atoms with Gasteiger partial charge in [-0.3, -0.25) is 10.1 Å². The number of ether oxygens (including phenoxy) is 1. The second kappa shape index (κ2) is 5.66. The molecule has 104 valence electrons. The second-order valence-corrected chi connectivity index (χ2v) is 4.50. The molecule has 1 heterocycles. The number of benzene rings is 1. The van der Waals surface area contributed by atoms with Crippen LogP contribution < -0.4 is 10.5 Å². The number of rotatable bonds is 4. The van der Waals surface area contributed by atoms with Gasteiger partial charge >= 0.3 is 0 Å². The van der Waals surface area contributed by atoms with E-state index in [2.05, 4.69) is 4.98 Å². The minimum Gasteiger partial charge on any atom is -0.438 e. The minimum absolute atomic E-state index is 0.0308. The summed E-state index contributed by atoms with van der Waals surface area (Å²) in [7, 11) is 0. The Morgan fingerprint density at radius 1 is 1.40 bits per heavy atom. The van der Waals surface area contributed by atoms with Crippen LogP contribution in [0.2, 0.25) is 0 Å². The Morgan fingerprint density at radius 3 is 2.75 bits per heavy atom. The monoisotopic (exact) mass is 273 g/mol. The number of nitrogens with zero attached hydrogens (tertiary/aromatic N) is 2. The molecule has 0 amide bonds. The van der Waals surface area contributed by atoms with E-state index in [0.29, 0.717) is 17.2 Å². The third-order valence-electron chi connectivity index (χ3n) is 2.87.